The number of phenolic OH excluding ortho intramolecular Hbond substituents is 1. The molecule has 28 heavy (non-hydrogen) atoms. The molecule has 1 heterocycles. The summed E-state index contributed by atoms with van der Waals surface area (Å²) in [7, 11) is 0. The number of ether oxygens (including phenoxy) is 1. The highest BCUT2D eigenvalue weighted by atomic mass is 16.5. The molecule has 142 valence electrons. The van der Waals surface area contributed by atoms with E-state index in [0.717, 1.165) is 29.7 Å². The zero-order valence-electron chi connectivity index (χ0n) is 16.1. The summed E-state index contributed by atoms with van der Waals surface area (Å²) >= 11 is 0. The Kier molecular flexibility index (Phi) is 4.86. The van der Waals surface area contributed by atoms with Crippen LogP contribution in [0.5, 0.6) is 5.75 Å². The van der Waals surface area contributed by atoms with E-state index in [-0.39, 0.29) is 23.8 Å². The lowest BCUT2D eigenvalue weighted by molar-refractivity contribution is 0.0523. The van der Waals surface area contributed by atoms with Crippen LogP contribution in [-0.4, -0.2) is 22.7 Å². The molecule has 0 fully saturated rings. The number of aryl methyl sites for hydroxylation is 3. The minimum absolute atomic E-state index is 0.0464. The summed E-state index contributed by atoms with van der Waals surface area (Å²) in [6, 6.07) is 15.8. The SMILES string of the molecule is CCOC(=O)c1cc(C2c3cc(C)ccc3CCc3ncccc32)ccc1O. The van der Waals surface area contributed by atoms with Crippen LogP contribution in [-0.2, 0) is 17.6 Å². The summed E-state index contributed by atoms with van der Waals surface area (Å²) in [6.45, 7) is 4.11. The summed E-state index contributed by atoms with van der Waals surface area (Å²) < 4.78 is 5.12. The first-order valence-electron chi connectivity index (χ1n) is 9.61. The Morgan fingerprint density at radius 1 is 1.14 bits per heavy atom. The van der Waals surface area contributed by atoms with Gasteiger partial charge in [0.05, 0.1) is 6.61 Å². The lowest BCUT2D eigenvalue weighted by atomic mass is 9.82. The Bertz CT molecular complexity index is 1040. The third kappa shape index (κ3) is 3.26. The molecule has 1 N–H and O–H groups in total. The largest absolute Gasteiger partial charge is 0.507 e. The van der Waals surface area contributed by atoms with Crippen molar-refractivity contribution in [1.29, 1.82) is 0 Å². The molecule has 2 aromatic carbocycles. The predicted octanol–water partition coefficient (Wildman–Crippen LogP) is 4.55. The van der Waals surface area contributed by atoms with Crippen LogP contribution in [0.4, 0.5) is 0 Å². The van der Waals surface area contributed by atoms with E-state index in [1.807, 2.05) is 18.3 Å². The second kappa shape index (κ2) is 7.47. The highest BCUT2D eigenvalue weighted by molar-refractivity contribution is 5.92. The van der Waals surface area contributed by atoms with Crippen molar-refractivity contribution >= 4 is 5.97 Å². The maximum atomic E-state index is 12.3. The number of carbonyl (C=O) groups is 1. The number of pyridine rings is 1. The molecular weight excluding hydrogens is 350 g/mol. The van der Waals surface area contributed by atoms with Crippen LogP contribution in [0.2, 0.25) is 0 Å². The number of rotatable bonds is 3. The monoisotopic (exact) mass is 373 g/mol. The van der Waals surface area contributed by atoms with Crippen molar-refractivity contribution in [2.75, 3.05) is 6.61 Å². The van der Waals surface area contributed by atoms with Gasteiger partial charge in [0, 0.05) is 17.8 Å². The molecule has 0 aliphatic heterocycles. The van der Waals surface area contributed by atoms with Gasteiger partial charge in [-0.05, 0) is 67.1 Å². The van der Waals surface area contributed by atoms with Crippen LogP contribution >= 0.6 is 0 Å². The summed E-state index contributed by atoms with van der Waals surface area (Å²) in [4.78, 5) is 16.9. The van der Waals surface area contributed by atoms with Crippen LogP contribution in [0.3, 0.4) is 0 Å². The minimum atomic E-state index is -0.508. The van der Waals surface area contributed by atoms with Crippen molar-refractivity contribution in [3.8, 4) is 5.75 Å². The molecule has 0 amide bonds. The summed E-state index contributed by atoms with van der Waals surface area (Å²) in [5.74, 6) is -0.618. The number of phenols is 1. The van der Waals surface area contributed by atoms with Crippen LogP contribution in [0, 0.1) is 6.92 Å². The molecule has 1 atom stereocenters. The second-order valence-electron chi connectivity index (χ2n) is 7.17. The molecule has 0 spiro atoms. The molecule has 4 nitrogen and oxygen atoms in total. The van der Waals surface area contributed by atoms with E-state index < -0.39 is 5.97 Å². The Hall–Kier alpha value is -3.14. The first-order chi connectivity index (χ1) is 13.6. The van der Waals surface area contributed by atoms with Gasteiger partial charge < -0.3 is 9.84 Å². The number of aromatic nitrogens is 1. The number of hydrogen-bond acceptors (Lipinski definition) is 4. The molecule has 1 aliphatic carbocycles. The molecule has 0 radical (unpaired) electrons. The molecular formula is C24H23NO3. The van der Waals surface area contributed by atoms with Crippen molar-refractivity contribution in [1.82, 2.24) is 4.98 Å². The third-order valence-corrected chi connectivity index (χ3v) is 5.33. The van der Waals surface area contributed by atoms with E-state index in [1.165, 1.54) is 16.7 Å². The molecule has 1 unspecified atom stereocenters. The van der Waals surface area contributed by atoms with Crippen molar-refractivity contribution in [2.45, 2.75) is 32.6 Å². The first kappa shape index (κ1) is 18.2. The Morgan fingerprint density at radius 3 is 2.82 bits per heavy atom. The molecule has 0 saturated carbocycles. The molecule has 4 heteroatoms. The Morgan fingerprint density at radius 2 is 2.00 bits per heavy atom. The lowest BCUT2D eigenvalue weighted by Crippen LogP contribution is -2.10. The van der Waals surface area contributed by atoms with Gasteiger partial charge in [-0.15, -0.1) is 0 Å². The average Bonchev–Trinajstić information content (AvgIpc) is 2.85. The average molecular weight is 373 g/mol. The number of fused-ring (bicyclic) bond motifs is 2. The molecule has 0 saturated heterocycles. The van der Waals surface area contributed by atoms with Gasteiger partial charge >= 0.3 is 5.97 Å². The van der Waals surface area contributed by atoms with Crippen LogP contribution in [0.15, 0.2) is 54.7 Å². The highest BCUT2D eigenvalue weighted by Gasteiger charge is 2.27. The van der Waals surface area contributed by atoms with E-state index >= 15 is 0 Å². The quantitative estimate of drug-likeness (QED) is 0.684. The third-order valence-electron chi connectivity index (χ3n) is 5.33. The molecule has 3 aromatic rings. The topological polar surface area (TPSA) is 59.4 Å². The van der Waals surface area contributed by atoms with Crippen molar-refractivity contribution in [2.24, 2.45) is 0 Å². The lowest BCUT2D eigenvalue weighted by Gasteiger charge is -2.22. The Balaban J connectivity index is 1.93. The fourth-order valence-electron chi connectivity index (χ4n) is 4.02. The van der Waals surface area contributed by atoms with E-state index in [1.54, 1.807) is 19.1 Å². The summed E-state index contributed by atoms with van der Waals surface area (Å²) in [5.41, 5.74) is 7.08. The van der Waals surface area contributed by atoms with Gasteiger partial charge in [0.15, 0.2) is 0 Å². The van der Waals surface area contributed by atoms with Crippen LogP contribution < -0.4 is 0 Å². The number of carbonyl (C=O) groups excluding carboxylic acids is 1. The van der Waals surface area contributed by atoms with Gasteiger partial charge in [0.1, 0.15) is 11.3 Å². The summed E-state index contributed by atoms with van der Waals surface area (Å²) in [6.07, 6.45) is 3.64. The normalized spacial score (nSPS) is 15.3. The van der Waals surface area contributed by atoms with Gasteiger partial charge in [-0.25, -0.2) is 4.79 Å². The van der Waals surface area contributed by atoms with E-state index in [2.05, 4.69) is 36.2 Å². The molecule has 1 aromatic heterocycles. The van der Waals surface area contributed by atoms with Crippen LogP contribution in [0.25, 0.3) is 0 Å². The van der Waals surface area contributed by atoms with E-state index in [0.29, 0.717) is 0 Å². The predicted molar refractivity (Wildman–Crippen MR) is 108 cm³/mol. The van der Waals surface area contributed by atoms with Gasteiger partial charge in [0.25, 0.3) is 0 Å². The summed E-state index contributed by atoms with van der Waals surface area (Å²) in [5, 5.41) is 10.2. The van der Waals surface area contributed by atoms with Crippen LogP contribution in [0.1, 0.15) is 56.7 Å². The smallest absolute Gasteiger partial charge is 0.341 e. The number of benzene rings is 2. The van der Waals surface area contributed by atoms with Crippen molar-refractivity contribution in [3.05, 3.63) is 93.8 Å². The van der Waals surface area contributed by atoms with Gasteiger partial charge in [-0.3, -0.25) is 4.98 Å². The maximum Gasteiger partial charge on any atom is 0.341 e. The van der Waals surface area contributed by atoms with E-state index in [4.69, 9.17) is 4.74 Å². The first-order valence-corrected chi connectivity index (χ1v) is 9.61. The van der Waals surface area contributed by atoms with Gasteiger partial charge in [0.2, 0.25) is 0 Å². The standard InChI is InChI=1S/C24H23NO3/c1-3-28-24(27)20-14-17(9-11-22(20)26)23-18-5-4-12-25-21(18)10-8-16-7-6-15(2)13-19(16)23/h4-7,9,11-14,23,26H,3,8,10H2,1-2H3. The zero-order chi connectivity index (χ0) is 19.7. The fourth-order valence-corrected chi connectivity index (χ4v) is 4.02. The zero-order valence-corrected chi connectivity index (χ0v) is 16.1. The van der Waals surface area contributed by atoms with Gasteiger partial charge in [-0.1, -0.05) is 35.9 Å². The van der Waals surface area contributed by atoms with Crippen molar-refractivity contribution < 1.29 is 14.6 Å². The fraction of sp³-hybridized carbons (Fsp3) is 0.250. The highest BCUT2D eigenvalue weighted by Crippen LogP contribution is 2.40. The van der Waals surface area contributed by atoms with Gasteiger partial charge in [-0.2, -0.15) is 0 Å². The number of nitrogens with zero attached hydrogens (tertiary/aromatic N) is 1. The van der Waals surface area contributed by atoms with Crippen molar-refractivity contribution in [3.63, 3.8) is 0 Å². The minimum Gasteiger partial charge on any atom is -0.507 e. The Labute approximate surface area is 164 Å². The molecule has 1 aliphatic rings. The molecule has 0 bridgehead atoms. The number of aromatic hydroxyl groups is 1. The maximum absolute atomic E-state index is 12.3. The second-order valence-corrected chi connectivity index (χ2v) is 7.17. The number of esters is 1. The molecule has 4 rings (SSSR count). The number of hydrogen-bond donors (Lipinski definition) is 1. The van der Waals surface area contributed by atoms with E-state index in [9.17, 15) is 9.90 Å².